The van der Waals surface area contributed by atoms with Gasteiger partial charge in [0.1, 0.15) is 5.75 Å². The molecule has 0 unspecified atom stereocenters. The predicted octanol–water partition coefficient (Wildman–Crippen LogP) is 4.15. The summed E-state index contributed by atoms with van der Waals surface area (Å²) in [4.78, 5) is 26.2. The molecule has 1 aliphatic carbocycles. The van der Waals surface area contributed by atoms with Crippen molar-refractivity contribution in [2.75, 3.05) is 10.6 Å². The fourth-order valence-corrected chi connectivity index (χ4v) is 5.25. The Morgan fingerprint density at radius 3 is 1.77 bits per heavy atom. The van der Waals surface area contributed by atoms with Crippen LogP contribution in [0.2, 0.25) is 0 Å². The van der Waals surface area contributed by atoms with Crippen molar-refractivity contribution >= 4 is 54.6 Å². The van der Waals surface area contributed by atoms with E-state index in [1.54, 1.807) is 12.1 Å². The van der Waals surface area contributed by atoms with Gasteiger partial charge in [-0.25, -0.2) is 0 Å². The van der Waals surface area contributed by atoms with E-state index in [0.29, 0.717) is 0 Å². The molecule has 4 aromatic carbocycles. The molecule has 4 aromatic rings. The van der Waals surface area contributed by atoms with E-state index in [2.05, 4.69) is 10.6 Å². The van der Waals surface area contributed by atoms with Gasteiger partial charge >= 0.3 is 0 Å². The number of ketones is 2. The minimum absolute atomic E-state index is 0.00185. The Hall–Kier alpha value is -4.56. The summed E-state index contributed by atoms with van der Waals surface area (Å²) in [5, 5.41) is 16.7. The van der Waals surface area contributed by atoms with Gasteiger partial charge in [0.25, 0.3) is 20.2 Å². The van der Waals surface area contributed by atoms with Crippen molar-refractivity contribution in [2.24, 2.45) is 0 Å². The van der Waals surface area contributed by atoms with E-state index in [1.807, 2.05) is 0 Å². The Morgan fingerprint density at radius 1 is 0.590 bits per heavy atom. The molecule has 0 bridgehead atoms. The molecule has 198 valence electrons. The summed E-state index contributed by atoms with van der Waals surface area (Å²) in [6, 6.07) is 17.3. The molecule has 0 aliphatic heterocycles. The minimum Gasteiger partial charge on any atom is -0.507 e. The molecule has 5 rings (SSSR count). The lowest BCUT2D eigenvalue weighted by molar-refractivity contribution is 0.0977. The van der Waals surface area contributed by atoms with Gasteiger partial charge in [-0.15, -0.1) is 0 Å². The quantitative estimate of drug-likeness (QED) is 0.147. The lowest BCUT2D eigenvalue weighted by Gasteiger charge is -2.25. The first kappa shape index (κ1) is 26.1. The number of anilines is 4. The fraction of sp³-hybridized carbons (Fsp3) is 0. The Morgan fingerprint density at radius 2 is 1.18 bits per heavy atom. The number of fused-ring (bicyclic) bond motifs is 2. The van der Waals surface area contributed by atoms with Crippen molar-refractivity contribution in [1.82, 2.24) is 0 Å². The third kappa shape index (κ3) is 4.86. The maximum Gasteiger partial charge on any atom is 0.294 e. The van der Waals surface area contributed by atoms with E-state index in [9.17, 15) is 40.6 Å². The molecule has 0 radical (unpaired) electrons. The molecule has 11 nitrogen and oxygen atoms in total. The zero-order chi connectivity index (χ0) is 28.1. The van der Waals surface area contributed by atoms with Crippen molar-refractivity contribution in [3.05, 3.63) is 101 Å². The van der Waals surface area contributed by atoms with Gasteiger partial charge < -0.3 is 15.7 Å². The molecule has 0 atom stereocenters. The van der Waals surface area contributed by atoms with E-state index in [-0.39, 0.29) is 49.9 Å². The van der Waals surface area contributed by atoms with Crippen LogP contribution in [0.4, 0.5) is 22.7 Å². The molecule has 0 fully saturated rings. The van der Waals surface area contributed by atoms with Crippen LogP contribution < -0.4 is 10.6 Å². The number of hydrogen-bond donors (Lipinski definition) is 5. The summed E-state index contributed by atoms with van der Waals surface area (Å²) in [5.41, 5.74) is 0.233. The first-order chi connectivity index (χ1) is 18.3. The van der Waals surface area contributed by atoms with Crippen LogP contribution in [-0.2, 0) is 20.2 Å². The Balaban J connectivity index is 1.70. The van der Waals surface area contributed by atoms with Crippen molar-refractivity contribution in [2.45, 2.75) is 9.79 Å². The largest absolute Gasteiger partial charge is 0.507 e. The number of phenolic OH excluding ortho intramolecular Hbond substituents is 1. The normalized spacial score (nSPS) is 13.0. The van der Waals surface area contributed by atoms with Gasteiger partial charge in [-0.1, -0.05) is 30.3 Å². The zero-order valence-electron chi connectivity index (χ0n) is 19.6. The van der Waals surface area contributed by atoms with E-state index in [4.69, 9.17) is 0 Å². The van der Waals surface area contributed by atoms with Crippen molar-refractivity contribution in [3.8, 4) is 5.75 Å². The Kier molecular flexibility index (Phi) is 6.23. The Bertz CT molecular complexity index is 1900. The number of benzene rings is 4. The second-order valence-electron chi connectivity index (χ2n) is 8.52. The minimum atomic E-state index is -4.56. The van der Waals surface area contributed by atoms with E-state index < -0.39 is 42.4 Å². The SMILES string of the molecule is O=C1c2ccccc2C(=O)c2c(Nc3cccc(S(=O)(=O)O)c3)c(Nc3ccc(S(=O)(=O)O)cc3)cc(O)c21. The van der Waals surface area contributed by atoms with Gasteiger partial charge in [0.15, 0.2) is 11.6 Å². The van der Waals surface area contributed by atoms with Gasteiger partial charge in [0.2, 0.25) is 0 Å². The summed E-state index contributed by atoms with van der Waals surface area (Å²) < 4.78 is 64.8. The highest BCUT2D eigenvalue weighted by Crippen LogP contribution is 2.43. The van der Waals surface area contributed by atoms with E-state index in [0.717, 1.165) is 24.3 Å². The molecule has 39 heavy (non-hydrogen) atoms. The average molecular weight is 567 g/mol. The zero-order valence-corrected chi connectivity index (χ0v) is 21.2. The summed E-state index contributed by atoms with van der Waals surface area (Å²) in [5.74, 6) is -1.70. The molecule has 13 heteroatoms. The molecule has 0 heterocycles. The highest BCUT2D eigenvalue weighted by Gasteiger charge is 2.35. The molecule has 0 saturated carbocycles. The molecule has 0 aromatic heterocycles. The van der Waals surface area contributed by atoms with Gasteiger partial charge in [-0.3, -0.25) is 18.7 Å². The maximum atomic E-state index is 13.6. The average Bonchev–Trinajstić information content (AvgIpc) is 2.88. The number of aromatic hydroxyl groups is 1. The molecular weight excluding hydrogens is 548 g/mol. The van der Waals surface area contributed by atoms with Crippen LogP contribution in [0.5, 0.6) is 5.75 Å². The number of carbonyl (C=O) groups is 2. The van der Waals surface area contributed by atoms with Crippen LogP contribution in [0, 0.1) is 0 Å². The van der Waals surface area contributed by atoms with Gasteiger partial charge in [-0.2, -0.15) is 16.8 Å². The lowest BCUT2D eigenvalue weighted by Crippen LogP contribution is -2.23. The fourth-order valence-electron chi connectivity index (χ4n) is 4.25. The molecule has 0 amide bonds. The first-order valence-corrected chi connectivity index (χ1v) is 14.0. The second-order valence-corrected chi connectivity index (χ2v) is 11.4. The summed E-state index contributed by atoms with van der Waals surface area (Å²) in [6.07, 6.45) is 0. The van der Waals surface area contributed by atoms with Crippen LogP contribution in [-0.4, -0.2) is 42.6 Å². The monoisotopic (exact) mass is 566 g/mol. The summed E-state index contributed by atoms with van der Waals surface area (Å²) >= 11 is 0. The molecule has 1 aliphatic rings. The third-order valence-electron chi connectivity index (χ3n) is 6.01. The van der Waals surface area contributed by atoms with Crippen LogP contribution in [0.3, 0.4) is 0 Å². The third-order valence-corrected chi connectivity index (χ3v) is 7.73. The van der Waals surface area contributed by atoms with Gasteiger partial charge in [0, 0.05) is 28.6 Å². The van der Waals surface area contributed by atoms with E-state index >= 15 is 0 Å². The van der Waals surface area contributed by atoms with Crippen molar-refractivity contribution in [1.29, 1.82) is 0 Å². The number of carbonyl (C=O) groups excluding carboxylic acids is 2. The smallest absolute Gasteiger partial charge is 0.294 e. The van der Waals surface area contributed by atoms with Crippen LogP contribution in [0.1, 0.15) is 31.8 Å². The summed E-state index contributed by atoms with van der Waals surface area (Å²) in [7, 11) is -9.01. The molecule has 0 saturated heterocycles. The molecular formula is C26H18N2O9S2. The van der Waals surface area contributed by atoms with Crippen LogP contribution in [0.15, 0.2) is 88.7 Å². The van der Waals surface area contributed by atoms with Gasteiger partial charge in [-0.05, 0) is 42.5 Å². The number of hydrogen-bond acceptors (Lipinski definition) is 9. The first-order valence-electron chi connectivity index (χ1n) is 11.1. The van der Waals surface area contributed by atoms with Crippen molar-refractivity contribution in [3.63, 3.8) is 0 Å². The van der Waals surface area contributed by atoms with Crippen LogP contribution >= 0.6 is 0 Å². The molecule has 0 spiro atoms. The van der Waals surface area contributed by atoms with Gasteiger partial charge in [0.05, 0.1) is 32.3 Å². The maximum absolute atomic E-state index is 13.6. The number of phenols is 1. The van der Waals surface area contributed by atoms with E-state index in [1.165, 1.54) is 42.5 Å². The second kappa shape index (κ2) is 9.32. The van der Waals surface area contributed by atoms with Crippen molar-refractivity contribution < 1.29 is 40.6 Å². The number of nitrogens with one attached hydrogen (secondary N) is 2. The Labute approximate surface area is 222 Å². The lowest BCUT2D eigenvalue weighted by atomic mass is 9.82. The topological polar surface area (TPSA) is 187 Å². The predicted molar refractivity (Wildman–Crippen MR) is 140 cm³/mol. The standard InChI is InChI=1S/C26H18N2O9S2/c29-21-13-20(27-14-8-10-16(11-9-14)38(32,33)34)24(28-15-4-3-5-17(12-15)39(35,36)37)23-22(21)25(30)18-6-1-2-7-19(18)26(23)31/h1-13,27-29H,(H,32,33,34)(H,35,36,37). The van der Waals surface area contributed by atoms with Crippen LogP contribution in [0.25, 0.3) is 0 Å². The highest BCUT2D eigenvalue weighted by atomic mass is 32.2. The molecule has 5 N–H and O–H groups in total. The number of rotatable bonds is 6. The highest BCUT2D eigenvalue weighted by molar-refractivity contribution is 7.86. The summed E-state index contributed by atoms with van der Waals surface area (Å²) in [6.45, 7) is 0.